The third-order valence-electron chi connectivity index (χ3n) is 16.9. The zero-order valence-corrected chi connectivity index (χ0v) is 39.1. The molecule has 0 amide bonds. The number of likely N-dealkylation sites (N-methyl/N-ethyl adjacent to an activating group) is 1. The molecule has 3 fully saturated rings. The lowest BCUT2D eigenvalue weighted by Crippen LogP contribution is -2.81. The van der Waals surface area contributed by atoms with E-state index in [1.54, 1.807) is 7.11 Å². The molecular formula is C51H69N5O9. The van der Waals surface area contributed by atoms with Crippen molar-refractivity contribution in [1.29, 1.82) is 0 Å². The highest BCUT2D eigenvalue weighted by Gasteiger charge is 2.80. The van der Waals surface area contributed by atoms with Crippen molar-refractivity contribution in [2.45, 2.75) is 118 Å². The number of hydrogen-bond donors (Lipinski definition) is 4. The summed E-state index contributed by atoms with van der Waals surface area (Å²) in [6, 6.07) is 11.1. The lowest BCUT2D eigenvalue weighted by atomic mass is 9.47. The number of nitrogens with zero attached hydrogens (tertiary/aromatic N) is 3. The first kappa shape index (κ1) is 45.8. The van der Waals surface area contributed by atoms with Crippen LogP contribution in [0.1, 0.15) is 94.0 Å². The average Bonchev–Trinajstić information content (AvgIpc) is 3.98. The van der Waals surface area contributed by atoms with E-state index in [1.807, 2.05) is 43.1 Å². The second kappa shape index (κ2) is 17.1. The summed E-state index contributed by atoms with van der Waals surface area (Å²) < 4.78 is 24.7. The lowest BCUT2D eigenvalue weighted by Gasteiger charge is -2.64. The molecule has 3 aromatic rings. The minimum absolute atomic E-state index is 0.101. The maximum atomic E-state index is 15.4. The topological polar surface area (TPSA) is 180 Å². The highest BCUT2D eigenvalue weighted by atomic mass is 16.6. The summed E-state index contributed by atoms with van der Waals surface area (Å²) in [5.74, 6) is -0.998. The first-order valence-corrected chi connectivity index (χ1v) is 23.9. The van der Waals surface area contributed by atoms with Gasteiger partial charge in [0.25, 0.3) is 0 Å². The molecule has 14 heteroatoms. The number of unbranched alkanes of at least 4 members (excludes halogenated alkanes) is 2. The van der Waals surface area contributed by atoms with Crippen molar-refractivity contribution >= 4 is 34.3 Å². The second-order valence-electron chi connectivity index (χ2n) is 20.0. The van der Waals surface area contributed by atoms with Gasteiger partial charge in [0.15, 0.2) is 5.78 Å². The lowest BCUT2D eigenvalue weighted by molar-refractivity contribution is -0.230. The van der Waals surface area contributed by atoms with E-state index in [2.05, 4.69) is 46.0 Å². The Morgan fingerprint density at radius 2 is 1.72 bits per heavy atom. The number of Topliss-reactive ketones (excluding diaryl/α,β-unsaturated/α-hetero) is 1. The van der Waals surface area contributed by atoms with Crippen LogP contribution < -0.4 is 15.4 Å². The number of hydrogen-bond acceptors (Lipinski definition) is 13. The van der Waals surface area contributed by atoms with Crippen LogP contribution in [0.25, 0.3) is 10.9 Å². The first-order chi connectivity index (χ1) is 31.3. The highest BCUT2D eigenvalue weighted by Crippen LogP contribution is 2.68. The summed E-state index contributed by atoms with van der Waals surface area (Å²) in [4.78, 5) is 54.2. The summed E-state index contributed by atoms with van der Waals surface area (Å²) in [5, 5.41) is 26.7. The van der Waals surface area contributed by atoms with Crippen LogP contribution in [-0.4, -0.2) is 146 Å². The highest BCUT2D eigenvalue weighted by molar-refractivity contribution is 5.95. The van der Waals surface area contributed by atoms with Crippen LogP contribution in [0.3, 0.4) is 0 Å². The van der Waals surface area contributed by atoms with Gasteiger partial charge in [0, 0.05) is 90.4 Å². The summed E-state index contributed by atoms with van der Waals surface area (Å²) >= 11 is 0. The van der Waals surface area contributed by atoms with Gasteiger partial charge in [-0.15, -0.1) is 0 Å². The molecule has 6 aliphatic rings. The molecule has 2 aromatic carbocycles. The number of rotatable bonds is 14. The molecule has 2 saturated heterocycles. The summed E-state index contributed by atoms with van der Waals surface area (Å²) in [5.41, 5.74) is 4.26. The largest absolute Gasteiger partial charge is 0.496 e. The van der Waals surface area contributed by atoms with E-state index in [4.69, 9.17) is 24.7 Å². The summed E-state index contributed by atoms with van der Waals surface area (Å²) in [7, 11) is 6.25. The third-order valence-corrected chi connectivity index (χ3v) is 16.9. The predicted molar refractivity (Wildman–Crippen MR) is 247 cm³/mol. The van der Waals surface area contributed by atoms with E-state index >= 15 is 4.79 Å². The summed E-state index contributed by atoms with van der Waals surface area (Å²) in [6.45, 7) is 7.70. The second-order valence-corrected chi connectivity index (χ2v) is 20.0. The molecule has 10 atom stereocenters. The molecular weight excluding hydrogens is 827 g/mol. The van der Waals surface area contributed by atoms with E-state index in [1.165, 1.54) is 14.2 Å². The molecule has 65 heavy (non-hydrogen) atoms. The minimum atomic E-state index is -2.25. The van der Waals surface area contributed by atoms with Crippen LogP contribution in [-0.2, 0) is 45.8 Å². The molecule has 5 N–H and O–H groups in total. The van der Waals surface area contributed by atoms with Gasteiger partial charge in [0.1, 0.15) is 23.9 Å². The molecule has 352 valence electrons. The van der Waals surface area contributed by atoms with Gasteiger partial charge in [-0.1, -0.05) is 50.6 Å². The standard InChI is InChI=1S/C51H69N5O9/c1-7-47(60)27-32-28-50(45(58)63-5,41-35(18-23-55(29-32)31-47)34-16-11-12-17-38(34)53-41)37-25-36-39(26-40(37)62-4)54(3)43-49(36)20-24-56-22-14-19-48(8-2,42(49)56)44(51(43,61)46(59)64-6)65-30-33(57)15-10-9-13-21-52/h11-12,14,16-17,19,25-26,32,42-44,53,60-61H,7-10,13,15,18,20-24,27-31,52H2,1-6H3/t32-,42-,43+,44+,47-,48+,49+,50-,51-/m0/s1. The number of carbonyl (C=O) groups is 3. The van der Waals surface area contributed by atoms with Crippen LogP contribution in [0.5, 0.6) is 5.75 Å². The van der Waals surface area contributed by atoms with Crippen molar-refractivity contribution < 1.29 is 43.5 Å². The van der Waals surface area contributed by atoms with E-state index in [9.17, 15) is 19.8 Å². The van der Waals surface area contributed by atoms with Gasteiger partial charge in [-0.05, 0) is 93.6 Å². The molecule has 1 spiro atoms. The molecule has 1 unspecified atom stereocenters. The Balaban J connectivity index is 1.28. The Kier molecular flexibility index (Phi) is 12.0. The number of H-pyrrole nitrogens is 1. The molecule has 0 radical (unpaired) electrons. The number of para-hydroxylation sites is 1. The van der Waals surface area contributed by atoms with Crippen molar-refractivity contribution in [2.24, 2.45) is 17.1 Å². The molecule has 2 bridgehead atoms. The molecule has 5 aliphatic heterocycles. The molecule has 1 aromatic heterocycles. The summed E-state index contributed by atoms with van der Waals surface area (Å²) in [6.07, 6.45) is 8.89. The fourth-order valence-corrected chi connectivity index (χ4v) is 14.3. The van der Waals surface area contributed by atoms with Crippen LogP contribution in [0.15, 0.2) is 48.6 Å². The van der Waals surface area contributed by atoms with Crippen molar-refractivity contribution in [3.05, 3.63) is 70.9 Å². The van der Waals surface area contributed by atoms with Crippen molar-refractivity contribution in [1.82, 2.24) is 14.8 Å². The first-order valence-electron chi connectivity index (χ1n) is 23.9. The molecule has 9 rings (SSSR count). The van der Waals surface area contributed by atoms with Gasteiger partial charge in [-0.2, -0.15) is 0 Å². The number of nitrogens with one attached hydrogen (secondary N) is 1. The Morgan fingerprint density at radius 1 is 0.938 bits per heavy atom. The van der Waals surface area contributed by atoms with Crippen molar-refractivity contribution in [3.8, 4) is 5.75 Å². The van der Waals surface area contributed by atoms with Gasteiger partial charge in [0.05, 0.1) is 33.0 Å². The normalized spacial score (nSPS) is 34.7. The number of aliphatic hydroxyl groups is 2. The average molecular weight is 896 g/mol. The van der Waals surface area contributed by atoms with Crippen LogP contribution in [0.4, 0.5) is 5.69 Å². The molecule has 1 saturated carbocycles. The zero-order chi connectivity index (χ0) is 46.1. The SMILES string of the molecule is CC[C@]1(O)C[C@@H]2CN(CCc3c([nH]c4ccccc34)[C@@](C(=O)OC)(c3cc4c(cc3OC)N(C)[C@H]3[C@@](O)(C(=O)OC)[C@H](OCC(=O)CCCCCN)[C@]5(CC)C=CCN6CC[C@]43[C@@H]65)C2)C1. The van der Waals surface area contributed by atoms with Crippen molar-refractivity contribution in [2.75, 3.05) is 79.2 Å². The number of methoxy groups -OCH3 is 3. The number of aromatic amines is 1. The number of ketones is 1. The number of piperidine rings is 1. The van der Waals surface area contributed by atoms with E-state index in [0.29, 0.717) is 102 Å². The maximum absolute atomic E-state index is 15.4. The van der Waals surface area contributed by atoms with Crippen LogP contribution in [0.2, 0.25) is 0 Å². The Labute approximate surface area is 382 Å². The molecule has 6 heterocycles. The van der Waals surface area contributed by atoms with E-state index < -0.39 is 51.5 Å². The van der Waals surface area contributed by atoms with Gasteiger partial charge < -0.3 is 44.8 Å². The number of fused-ring (bicyclic) bond motifs is 6. The zero-order valence-electron chi connectivity index (χ0n) is 39.1. The number of esters is 2. The monoisotopic (exact) mass is 896 g/mol. The Morgan fingerprint density at radius 3 is 2.45 bits per heavy atom. The fraction of sp³-hybridized carbons (Fsp3) is 0.627. The quantitative estimate of drug-likeness (QED) is 0.101. The van der Waals surface area contributed by atoms with Crippen LogP contribution >= 0.6 is 0 Å². The van der Waals surface area contributed by atoms with Gasteiger partial charge in [-0.3, -0.25) is 19.4 Å². The number of carbonyl (C=O) groups excluding carboxylic acids is 3. The minimum Gasteiger partial charge on any atom is -0.496 e. The molecule has 1 aliphatic carbocycles. The van der Waals surface area contributed by atoms with Gasteiger partial charge in [0.2, 0.25) is 5.60 Å². The third kappa shape index (κ3) is 6.66. The van der Waals surface area contributed by atoms with Gasteiger partial charge in [-0.25, -0.2) is 4.79 Å². The Bertz CT molecular complexity index is 2370. The number of ether oxygens (including phenoxy) is 4. The van der Waals surface area contributed by atoms with Crippen molar-refractivity contribution in [3.63, 3.8) is 0 Å². The van der Waals surface area contributed by atoms with E-state index in [0.717, 1.165) is 46.3 Å². The number of benzene rings is 2. The van der Waals surface area contributed by atoms with Gasteiger partial charge >= 0.3 is 11.9 Å². The number of nitrogens with two attached hydrogens (primary N) is 1. The Hall–Kier alpha value is -4.31. The number of aromatic nitrogens is 1. The smallest absolute Gasteiger partial charge is 0.342 e. The fourth-order valence-electron chi connectivity index (χ4n) is 14.3. The maximum Gasteiger partial charge on any atom is 0.342 e. The predicted octanol–water partition coefficient (Wildman–Crippen LogP) is 4.53. The molecule has 14 nitrogen and oxygen atoms in total. The van der Waals surface area contributed by atoms with E-state index in [-0.39, 0.29) is 24.3 Å². The van der Waals surface area contributed by atoms with Crippen LogP contribution in [0, 0.1) is 11.3 Å². The number of anilines is 1.